The van der Waals surface area contributed by atoms with Crippen molar-refractivity contribution in [3.05, 3.63) is 48.0 Å². The minimum absolute atomic E-state index is 0.159. The van der Waals surface area contributed by atoms with Crippen molar-refractivity contribution in [2.75, 3.05) is 0 Å². The number of rotatable bonds is 2. The fourth-order valence-corrected chi connectivity index (χ4v) is 0.757. The number of nitrogens with two attached hydrogens (primary N) is 1. The highest BCUT2D eigenvalue weighted by Gasteiger charge is 1.93. The molecular formula is C12H17NO2. The Morgan fingerprint density at radius 2 is 1.80 bits per heavy atom. The third-order valence-electron chi connectivity index (χ3n) is 1.69. The maximum absolute atomic E-state index is 9.60. The van der Waals surface area contributed by atoms with Gasteiger partial charge in [-0.1, -0.05) is 36.9 Å². The van der Waals surface area contributed by atoms with Gasteiger partial charge in [-0.05, 0) is 19.4 Å². The lowest BCUT2D eigenvalue weighted by Gasteiger charge is -2.02. The predicted octanol–water partition coefficient (Wildman–Crippen LogP) is 2.35. The van der Waals surface area contributed by atoms with Gasteiger partial charge in [0.05, 0.1) is 0 Å². The third-order valence-corrected chi connectivity index (χ3v) is 1.69. The lowest BCUT2D eigenvalue weighted by molar-refractivity contribution is -0.132. The monoisotopic (exact) mass is 207 g/mol. The molecule has 0 amide bonds. The average Bonchev–Trinajstić information content (AvgIpc) is 2.20. The number of carbonyl (C=O) groups is 1. The summed E-state index contributed by atoms with van der Waals surface area (Å²) in [5.41, 5.74) is 6.98. The first kappa shape index (κ1) is 13.4. The van der Waals surface area contributed by atoms with Gasteiger partial charge in [-0.3, -0.25) is 0 Å². The van der Waals surface area contributed by atoms with E-state index in [1.807, 2.05) is 37.3 Å². The van der Waals surface area contributed by atoms with E-state index in [2.05, 4.69) is 6.58 Å². The molecule has 0 aliphatic rings. The van der Waals surface area contributed by atoms with Gasteiger partial charge in [-0.15, -0.1) is 0 Å². The van der Waals surface area contributed by atoms with E-state index in [0.717, 1.165) is 0 Å². The van der Waals surface area contributed by atoms with E-state index in [-0.39, 0.29) is 11.6 Å². The molecule has 1 aromatic rings. The standard InChI is InChI=1S/C8H11N.C4H6O2/c1-7(9)8-5-3-2-4-6-8;1-3(2)4(5)6/h2-7H,9H2,1H3;1H2,2H3,(H,5,6)/t7-;/m1./s1. The maximum Gasteiger partial charge on any atom is 0.330 e. The molecule has 3 N–H and O–H groups in total. The molecule has 0 saturated heterocycles. The normalized spacial score (nSPS) is 10.9. The van der Waals surface area contributed by atoms with Crippen LogP contribution < -0.4 is 5.73 Å². The van der Waals surface area contributed by atoms with Crippen LogP contribution >= 0.6 is 0 Å². The van der Waals surface area contributed by atoms with Crippen LogP contribution in [-0.4, -0.2) is 11.1 Å². The summed E-state index contributed by atoms with van der Waals surface area (Å²) < 4.78 is 0. The van der Waals surface area contributed by atoms with Crippen LogP contribution in [0.5, 0.6) is 0 Å². The van der Waals surface area contributed by atoms with Crippen LogP contribution in [0, 0.1) is 0 Å². The Morgan fingerprint density at radius 1 is 1.40 bits per heavy atom. The molecule has 0 unspecified atom stereocenters. The summed E-state index contributed by atoms with van der Waals surface area (Å²) in [5.74, 6) is -0.935. The number of hydrogen-bond donors (Lipinski definition) is 2. The summed E-state index contributed by atoms with van der Waals surface area (Å²) in [4.78, 5) is 9.60. The first-order valence-corrected chi connectivity index (χ1v) is 4.64. The van der Waals surface area contributed by atoms with Gasteiger partial charge in [0.15, 0.2) is 0 Å². The van der Waals surface area contributed by atoms with Crippen molar-refractivity contribution in [2.45, 2.75) is 19.9 Å². The molecule has 0 aliphatic heterocycles. The Kier molecular flexibility index (Phi) is 6.06. The van der Waals surface area contributed by atoms with Gasteiger partial charge in [0.25, 0.3) is 0 Å². The molecule has 0 spiro atoms. The fraction of sp³-hybridized carbons (Fsp3) is 0.250. The Balaban J connectivity index is 0.000000288. The van der Waals surface area contributed by atoms with Crippen molar-refractivity contribution >= 4 is 5.97 Å². The Bertz CT molecular complexity index is 306. The van der Waals surface area contributed by atoms with E-state index < -0.39 is 5.97 Å². The van der Waals surface area contributed by atoms with E-state index in [0.29, 0.717) is 0 Å². The van der Waals surface area contributed by atoms with E-state index in [9.17, 15) is 4.79 Å². The lowest BCUT2D eigenvalue weighted by Crippen LogP contribution is -2.03. The number of carboxylic acid groups (broad SMARTS) is 1. The molecule has 3 heteroatoms. The van der Waals surface area contributed by atoms with Crippen LogP contribution in [0.25, 0.3) is 0 Å². The first-order chi connectivity index (χ1) is 6.95. The van der Waals surface area contributed by atoms with E-state index >= 15 is 0 Å². The molecule has 0 aromatic heterocycles. The molecular weight excluding hydrogens is 190 g/mol. The molecule has 0 heterocycles. The van der Waals surface area contributed by atoms with Gasteiger partial charge in [0.2, 0.25) is 0 Å². The second kappa shape index (κ2) is 6.79. The van der Waals surface area contributed by atoms with E-state index in [1.54, 1.807) is 0 Å². The van der Waals surface area contributed by atoms with Gasteiger partial charge in [0.1, 0.15) is 0 Å². The van der Waals surface area contributed by atoms with Crippen molar-refractivity contribution < 1.29 is 9.90 Å². The van der Waals surface area contributed by atoms with Crippen LogP contribution in [0.1, 0.15) is 25.5 Å². The molecule has 1 rings (SSSR count). The summed E-state index contributed by atoms with van der Waals surface area (Å²) in [6.07, 6.45) is 0. The zero-order chi connectivity index (χ0) is 11.8. The van der Waals surface area contributed by atoms with Crippen LogP contribution in [0.2, 0.25) is 0 Å². The van der Waals surface area contributed by atoms with Crippen molar-refractivity contribution in [1.82, 2.24) is 0 Å². The molecule has 0 fully saturated rings. The quantitative estimate of drug-likeness (QED) is 0.732. The zero-order valence-electron chi connectivity index (χ0n) is 9.10. The average molecular weight is 207 g/mol. The second-order valence-electron chi connectivity index (χ2n) is 3.28. The van der Waals surface area contributed by atoms with Gasteiger partial charge < -0.3 is 10.8 Å². The van der Waals surface area contributed by atoms with Crippen molar-refractivity contribution in [3.8, 4) is 0 Å². The fourth-order valence-electron chi connectivity index (χ4n) is 0.757. The minimum atomic E-state index is -0.935. The van der Waals surface area contributed by atoms with E-state index in [4.69, 9.17) is 10.8 Å². The number of benzene rings is 1. The maximum atomic E-state index is 9.60. The number of carboxylic acids is 1. The van der Waals surface area contributed by atoms with Crippen molar-refractivity contribution in [1.29, 1.82) is 0 Å². The molecule has 0 saturated carbocycles. The van der Waals surface area contributed by atoms with Gasteiger partial charge in [0, 0.05) is 11.6 Å². The third kappa shape index (κ3) is 6.46. The smallest absolute Gasteiger partial charge is 0.330 e. The highest BCUT2D eigenvalue weighted by molar-refractivity contribution is 5.84. The van der Waals surface area contributed by atoms with Crippen molar-refractivity contribution in [2.24, 2.45) is 5.73 Å². The predicted molar refractivity (Wildman–Crippen MR) is 61.5 cm³/mol. The van der Waals surface area contributed by atoms with Crippen molar-refractivity contribution in [3.63, 3.8) is 0 Å². The number of hydrogen-bond acceptors (Lipinski definition) is 2. The van der Waals surface area contributed by atoms with Crippen LogP contribution in [0.4, 0.5) is 0 Å². The molecule has 1 atom stereocenters. The van der Waals surface area contributed by atoms with Crippen LogP contribution in [0.15, 0.2) is 42.5 Å². The van der Waals surface area contributed by atoms with Gasteiger partial charge >= 0.3 is 5.97 Å². The lowest BCUT2D eigenvalue weighted by atomic mass is 10.1. The Labute approximate surface area is 90.2 Å². The topological polar surface area (TPSA) is 63.3 Å². The van der Waals surface area contributed by atoms with Gasteiger partial charge in [-0.25, -0.2) is 4.79 Å². The summed E-state index contributed by atoms with van der Waals surface area (Å²) in [6, 6.07) is 10.2. The van der Waals surface area contributed by atoms with E-state index in [1.165, 1.54) is 12.5 Å². The zero-order valence-corrected chi connectivity index (χ0v) is 9.10. The Morgan fingerprint density at radius 3 is 2.00 bits per heavy atom. The molecule has 0 aliphatic carbocycles. The molecule has 82 valence electrons. The second-order valence-corrected chi connectivity index (χ2v) is 3.28. The highest BCUT2D eigenvalue weighted by atomic mass is 16.4. The summed E-state index contributed by atoms with van der Waals surface area (Å²) >= 11 is 0. The minimum Gasteiger partial charge on any atom is -0.478 e. The SMILES string of the molecule is C=C(C)C(=O)O.C[C@@H](N)c1ccccc1. The molecule has 3 nitrogen and oxygen atoms in total. The number of aliphatic carboxylic acids is 1. The molecule has 0 bridgehead atoms. The van der Waals surface area contributed by atoms with Crippen LogP contribution in [0.3, 0.4) is 0 Å². The molecule has 15 heavy (non-hydrogen) atoms. The van der Waals surface area contributed by atoms with Gasteiger partial charge in [-0.2, -0.15) is 0 Å². The van der Waals surface area contributed by atoms with Crippen LogP contribution in [-0.2, 0) is 4.79 Å². The first-order valence-electron chi connectivity index (χ1n) is 4.64. The summed E-state index contributed by atoms with van der Waals surface area (Å²) in [6.45, 7) is 6.58. The Hall–Kier alpha value is -1.61. The largest absolute Gasteiger partial charge is 0.478 e. The highest BCUT2D eigenvalue weighted by Crippen LogP contribution is 2.06. The summed E-state index contributed by atoms with van der Waals surface area (Å²) in [7, 11) is 0. The molecule has 0 radical (unpaired) electrons. The summed E-state index contributed by atoms with van der Waals surface area (Å²) in [5, 5.41) is 7.89. The molecule has 1 aromatic carbocycles.